The van der Waals surface area contributed by atoms with E-state index in [2.05, 4.69) is 29.4 Å². The van der Waals surface area contributed by atoms with Crippen molar-refractivity contribution < 1.29 is 19.1 Å². The standard InChI is InChI=1S/C17H25N3O4/c1-5-20(6-2)14-9-7-13(8-10-14)16(22)24-11-15(21)19-17(23)18-12(3)4/h7-10,12H,5-6,11H2,1-4H3,(H2,18,19,21,23). The molecule has 0 fully saturated rings. The zero-order chi connectivity index (χ0) is 18.1. The highest BCUT2D eigenvalue weighted by atomic mass is 16.5. The number of imide groups is 1. The summed E-state index contributed by atoms with van der Waals surface area (Å²) in [4.78, 5) is 36.9. The maximum Gasteiger partial charge on any atom is 0.338 e. The fourth-order valence-corrected chi connectivity index (χ4v) is 2.07. The number of rotatable bonds is 7. The van der Waals surface area contributed by atoms with Gasteiger partial charge in [0.05, 0.1) is 5.56 Å². The highest BCUT2D eigenvalue weighted by molar-refractivity contribution is 5.97. The van der Waals surface area contributed by atoms with Gasteiger partial charge >= 0.3 is 12.0 Å². The van der Waals surface area contributed by atoms with Crippen LogP contribution in [0.15, 0.2) is 24.3 Å². The summed E-state index contributed by atoms with van der Waals surface area (Å²) < 4.78 is 4.90. The first-order valence-corrected chi connectivity index (χ1v) is 7.99. The molecule has 0 heterocycles. The van der Waals surface area contributed by atoms with Crippen LogP contribution in [-0.2, 0) is 9.53 Å². The molecule has 0 aliphatic carbocycles. The molecule has 7 heteroatoms. The largest absolute Gasteiger partial charge is 0.452 e. The molecule has 0 unspecified atom stereocenters. The number of benzene rings is 1. The first-order chi connectivity index (χ1) is 11.4. The van der Waals surface area contributed by atoms with Gasteiger partial charge in [0.15, 0.2) is 6.61 Å². The van der Waals surface area contributed by atoms with E-state index in [4.69, 9.17) is 4.74 Å². The average Bonchev–Trinajstić information content (AvgIpc) is 2.53. The number of anilines is 1. The van der Waals surface area contributed by atoms with Crippen molar-refractivity contribution in [2.75, 3.05) is 24.6 Å². The van der Waals surface area contributed by atoms with E-state index in [9.17, 15) is 14.4 Å². The number of carbonyl (C=O) groups is 3. The summed E-state index contributed by atoms with van der Waals surface area (Å²) >= 11 is 0. The lowest BCUT2D eigenvalue weighted by atomic mass is 10.2. The van der Waals surface area contributed by atoms with Gasteiger partial charge in [-0.2, -0.15) is 0 Å². The van der Waals surface area contributed by atoms with Gasteiger partial charge < -0.3 is 15.0 Å². The van der Waals surface area contributed by atoms with Crippen LogP contribution in [0.3, 0.4) is 0 Å². The molecule has 0 radical (unpaired) electrons. The van der Waals surface area contributed by atoms with E-state index in [1.165, 1.54) is 0 Å². The second-order valence-corrected chi connectivity index (χ2v) is 5.47. The predicted molar refractivity (Wildman–Crippen MR) is 92.1 cm³/mol. The molecule has 0 atom stereocenters. The van der Waals surface area contributed by atoms with Gasteiger partial charge in [-0.1, -0.05) is 0 Å². The molecule has 1 aromatic carbocycles. The van der Waals surface area contributed by atoms with Crippen LogP contribution in [0.1, 0.15) is 38.1 Å². The Labute approximate surface area is 142 Å². The van der Waals surface area contributed by atoms with Crippen molar-refractivity contribution in [2.24, 2.45) is 0 Å². The van der Waals surface area contributed by atoms with Gasteiger partial charge in [-0.3, -0.25) is 10.1 Å². The van der Waals surface area contributed by atoms with Gasteiger partial charge in [0.1, 0.15) is 0 Å². The number of amides is 3. The van der Waals surface area contributed by atoms with Gasteiger partial charge in [0.2, 0.25) is 0 Å². The summed E-state index contributed by atoms with van der Waals surface area (Å²) in [5.41, 5.74) is 1.37. The van der Waals surface area contributed by atoms with Crippen LogP contribution in [0.2, 0.25) is 0 Å². The van der Waals surface area contributed by atoms with E-state index in [1.54, 1.807) is 26.0 Å². The molecule has 3 amide bonds. The molecule has 1 rings (SSSR count). The lowest BCUT2D eigenvalue weighted by Gasteiger charge is -2.20. The van der Waals surface area contributed by atoms with Crippen molar-refractivity contribution in [3.8, 4) is 0 Å². The summed E-state index contributed by atoms with van der Waals surface area (Å²) in [5.74, 6) is -1.29. The smallest absolute Gasteiger partial charge is 0.338 e. The van der Waals surface area contributed by atoms with E-state index in [0.717, 1.165) is 18.8 Å². The maximum atomic E-state index is 11.9. The molecule has 0 aliphatic heterocycles. The second kappa shape index (κ2) is 9.54. The van der Waals surface area contributed by atoms with Gasteiger partial charge in [-0.15, -0.1) is 0 Å². The average molecular weight is 335 g/mol. The SMILES string of the molecule is CCN(CC)c1ccc(C(=O)OCC(=O)NC(=O)NC(C)C)cc1. The third-order valence-corrected chi connectivity index (χ3v) is 3.24. The number of hydrogen-bond donors (Lipinski definition) is 2. The Morgan fingerprint density at radius 3 is 2.17 bits per heavy atom. The molecule has 0 spiro atoms. The normalized spacial score (nSPS) is 10.2. The molecular weight excluding hydrogens is 310 g/mol. The third-order valence-electron chi connectivity index (χ3n) is 3.24. The van der Waals surface area contributed by atoms with Crippen molar-refractivity contribution in [2.45, 2.75) is 33.7 Å². The third kappa shape index (κ3) is 6.28. The minimum absolute atomic E-state index is 0.0929. The highest BCUT2D eigenvalue weighted by Crippen LogP contribution is 2.15. The van der Waals surface area contributed by atoms with E-state index in [1.807, 2.05) is 12.1 Å². The lowest BCUT2D eigenvalue weighted by molar-refractivity contribution is -0.123. The van der Waals surface area contributed by atoms with Crippen LogP contribution < -0.4 is 15.5 Å². The number of esters is 1. The molecule has 24 heavy (non-hydrogen) atoms. The first-order valence-electron chi connectivity index (χ1n) is 7.99. The summed E-state index contributed by atoms with van der Waals surface area (Å²) in [7, 11) is 0. The number of hydrogen-bond acceptors (Lipinski definition) is 5. The Morgan fingerprint density at radius 2 is 1.67 bits per heavy atom. The van der Waals surface area contributed by atoms with E-state index in [0.29, 0.717) is 5.56 Å². The Morgan fingerprint density at radius 1 is 1.08 bits per heavy atom. The molecule has 2 N–H and O–H groups in total. The summed E-state index contributed by atoms with van der Waals surface area (Å²) in [5, 5.41) is 4.59. The quantitative estimate of drug-likeness (QED) is 0.743. The molecule has 0 saturated heterocycles. The van der Waals surface area contributed by atoms with Gasteiger partial charge in [-0.05, 0) is 52.0 Å². The molecular formula is C17H25N3O4. The minimum Gasteiger partial charge on any atom is -0.452 e. The van der Waals surface area contributed by atoms with Crippen LogP contribution in [0.5, 0.6) is 0 Å². The summed E-state index contributed by atoms with van der Waals surface area (Å²) in [6.07, 6.45) is 0. The van der Waals surface area contributed by atoms with Gasteiger partial charge in [-0.25, -0.2) is 9.59 Å². The van der Waals surface area contributed by atoms with Crippen LogP contribution in [0.25, 0.3) is 0 Å². The van der Waals surface area contributed by atoms with Crippen LogP contribution in [0.4, 0.5) is 10.5 Å². The summed E-state index contributed by atoms with van der Waals surface area (Å²) in [6, 6.07) is 6.26. The van der Waals surface area contributed by atoms with Gasteiger partial charge in [0, 0.05) is 24.8 Å². The maximum absolute atomic E-state index is 11.9. The van der Waals surface area contributed by atoms with Crippen molar-refractivity contribution in [3.05, 3.63) is 29.8 Å². The summed E-state index contributed by atoms with van der Waals surface area (Å²) in [6.45, 7) is 8.89. The zero-order valence-electron chi connectivity index (χ0n) is 14.6. The predicted octanol–water partition coefficient (Wildman–Crippen LogP) is 1.92. The van der Waals surface area contributed by atoms with Crippen LogP contribution in [0, 0.1) is 0 Å². The topological polar surface area (TPSA) is 87.7 Å². The van der Waals surface area contributed by atoms with Crippen molar-refractivity contribution >= 4 is 23.6 Å². The van der Waals surface area contributed by atoms with Crippen molar-refractivity contribution in [1.82, 2.24) is 10.6 Å². The second-order valence-electron chi connectivity index (χ2n) is 5.47. The number of carbonyl (C=O) groups excluding carboxylic acids is 3. The number of nitrogens with zero attached hydrogens (tertiary/aromatic N) is 1. The van der Waals surface area contributed by atoms with E-state index in [-0.39, 0.29) is 6.04 Å². The highest BCUT2D eigenvalue weighted by Gasteiger charge is 2.13. The molecule has 7 nitrogen and oxygen atoms in total. The monoisotopic (exact) mass is 335 g/mol. The van der Waals surface area contributed by atoms with Crippen LogP contribution in [-0.4, -0.2) is 43.6 Å². The van der Waals surface area contributed by atoms with Crippen LogP contribution >= 0.6 is 0 Å². The Kier molecular flexibility index (Phi) is 7.74. The zero-order valence-corrected chi connectivity index (χ0v) is 14.6. The molecule has 0 aliphatic rings. The fourth-order valence-electron chi connectivity index (χ4n) is 2.07. The van der Waals surface area contributed by atoms with Crippen molar-refractivity contribution in [1.29, 1.82) is 0 Å². The van der Waals surface area contributed by atoms with Gasteiger partial charge in [0.25, 0.3) is 5.91 Å². The Bertz CT molecular complexity index is 566. The molecule has 132 valence electrons. The Balaban J connectivity index is 2.50. The first kappa shape index (κ1) is 19.5. The van der Waals surface area contributed by atoms with Crippen molar-refractivity contribution in [3.63, 3.8) is 0 Å². The van der Waals surface area contributed by atoms with E-state index < -0.39 is 24.5 Å². The number of nitrogens with one attached hydrogen (secondary N) is 2. The molecule has 0 bridgehead atoms. The lowest BCUT2D eigenvalue weighted by Crippen LogP contribution is -2.44. The molecule has 0 saturated carbocycles. The van der Waals surface area contributed by atoms with E-state index >= 15 is 0 Å². The number of urea groups is 1. The minimum atomic E-state index is -0.679. The molecule has 1 aromatic rings. The number of ether oxygens (including phenoxy) is 1. The molecule has 0 aromatic heterocycles. The fraction of sp³-hybridized carbons (Fsp3) is 0.471. The Hall–Kier alpha value is -2.57.